The molecule has 0 aliphatic heterocycles. The van der Waals surface area contributed by atoms with Crippen molar-refractivity contribution in [3.05, 3.63) is 23.5 Å². The summed E-state index contributed by atoms with van der Waals surface area (Å²) < 4.78 is 5.49. The van der Waals surface area contributed by atoms with Crippen molar-refractivity contribution in [2.45, 2.75) is 50.9 Å². The topological polar surface area (TPSA) is 91.0 Å². The first-order valence-corrected chi connectivity index (χ1v) is 9.03. The van der Waals surface area contributed by atoms with Crippen LogP contribution < -0.4 is 11.5 Å². The average Bonchev–Trinajstić information content (AvgIpc) is 2.94. The van der Waals surface area contributed by atoms with Crippen molar-refractivity contribution in [2.24, 2.45) is 17.8 Å². The zero-order valence-electron chi connectivity index (χ0n) is 14.1. The number of nitrogens with two attached hydrogens (primary N) is 2. The van der Waals surface area contributed by atoms with Gasteiger partial charge in [0.05, 0.1) is 11.4 Å². The minimum atomic E-state index is 0.145. The van der Waals surface area contributed by atoms with Crippen LogP contribution in [-0.2, 0) is 5.41 Å². The summed E-state index contributed by atoms with van der Waals surface area (Å²) in [6, 6.07) is 3.89. The highest BCUT2D eigenvalue weighted by atomic mass is 16.5. The van der Waals surface area contributed by atoms with Crippen molar-refractivity contribution in [2.75, 3.05) is 11.5 Å². The third-order valence-corrected chi connectivity index (χ3v) is 6.61. The summed E-state index contributed by atoms with van der Waals surface area (Å²) in [7, 11) is 0. The Balaban J connectivity index is 1.71. The highest BCUT2D eigenvalue weighted by Crippen LogP contribution is 2.62. The fourth-order valence-electron chi connectivity index (χ4n) is 6.21. The van der Waals surface area contributed by atoms with Gasteiger partial charge in [-0.3, -0.25) is 0 Å². The maximum absolute atomic E-state index is 6.53. The van der Waals surface area contributed by atoms with Crippen molar-refractivity contribution >= 4 is 11.4 Å². The number of rotatable bonds is 2. The van der Waals surface area contributed by atoms with Gasteiger partial charge in [0, 0.05) is 5.56 Å². The monoisotopic (exact) mass is 324 g/mol. The maximum Gasteiger partial charge on any atom is 0.258 e. The molecule has 4 saturated carbocycles. The van der Waals surface area contributed by atoms with E-state index < -0.39 is 0 Å². The van der Waals surface area contributed by atoms with Gasteiger partial charge in [-0.2, -0.15) is 4.98 Å². The maximum atomic E-state index is 6.53. The molecular weight excluding hydrogens is 300 g/mol. The summed E-state index contributed by atoms with van der Waals surface area (Å²) in [4.78, 5) is 4.47. The highest BCUT2D eigenvalue weighted by Gasteiger charge is 2.53. The first-order valence-electron chi connectivity index (χ1n) is 9.03. The number of benzene rings is 1. The second-order valence-electron chi connectivity index (χ2n) is 8.34. The number of nitrogen functional groups attached to an aromatic ring is 2. The summed E-state index contributed by atoms with van der Waals surface area (Å²) in [6.45, 7) is 1.85. The zero-order valence-corrected chi connectivity index (χ0v) is 14.1. The molecule has 1 aromatic carbocycles. The molecule has 2 aromatic rings. The molecule has 0 spiro atoms. The molecule has 1 aromatic heterocycles. The van der Waals surface area contributed by atoms with Gasteiger partial charge >= 0.3 is 0 Å². The Morgan fingerprint density at radius 2 is 1.67 bits per heavy atom. The van der Waals surface area contributed by atoms with Gasteiger partial charge in [-0.15, -0.1) is 0 Å². The predicted octanol–water partition coefficient (Wildman–Crippen LogP) is 3.68. The van der Waals surface area contributed by atoms with Gasteiger partial charge < -0.3 is 16.0 Å². The number of hydrogen-bond acceptors (Lipinski definition) is 5. The van der Waals surface area contributed by atoms with E-state index in [4.69, 9.17) is 16.0 Å². The van der Waals surface area contributed by atoms with Gasteiger partial charge in [0.2, 0.25) is 0 Å². The van der Waals surface area contributed by atoms with Crippen LogP contribution in [0.15, 0.2) is 16.7 Å². The smallest absolute Gasteiger partial charge is 0.258 e. The molecule has 0 amide bonds. The molecule has 4 bridgehead atoms. The molecule has 24 heavy (non-hydrogen) atoms. The number of hydrogen-bond donors (Lipinski definition) is 2. The van der Waals surface area contributed by atoms with Gasteiger partial charge in [-0.05, 0) is 86.3 Å². The van der Waals surface area contributed by atoms with E-state index in [1.807, 2.05) is 19.1 Å². The van der Waals surface area contributed by atoms with Crippen LogP contribution in [0, 0.1) is 24.7 Å². The zero-order chi connectivity index (χ0) is 16.5. The second-order valence-corrected chi connectivity index (χ2v) is 8.34. The summed E-state index contributed by atoms with van der Waals surface area (Å²) in [5, 5.41) is 3.97. The molecule has 4 aliphatic carbocycles. The van der Waals surface area contributed by atoms with Crippen LogP contribution in [-0.4, -0.2) is 10.1 Å². The van der Waals surface area contributed by atoms with E-state index >= 15 is 0 Å². The normalized spacial score (nSPS) is 34.0. The summed E-state index contributed by atoms with van der Waals surface area (Å²) in [5.74, 6) is 3.75. The average molecular weight is 324 g/mol. The third-order valence-electron chi connectivity index (χ3n) is 6.61. The minimum Gasteiger partial charge on any atom is -0.397 e. The number of anilines is 2. The van der Waals surface area contributed by atoms with Gasteiger partial charge in [0.1, 0.15) is 0 Å². The van der Waals surface area contributed by atoms with Crippen molar-refractivity contribution in [1.29, 1.82) is 0 Å². The molecule has 0 unspecified atom stereocenters. The quantitative estimate of drug-likeness (QED) is 0.822. The lowest BCUT2D eigenvalue weighted by atomic mass is 9.47. The van der Waals surface area contributed by atoms with E-state index in [9.17, 15) is 0 Å². The number of aryl methyl sites for hydroxylation is 1. The molecule has 0 saturated heterocycles. The van der Waals surface area contributed by atoms with Crippen LogP contribution in [0.2, 0.25) is 0 Å². The van der Waals surface area contributed by atoms with Crippen LogP contribution in [0.1, 0.15) is 49.9 Å². The Morgan fingerprint density at radius 1 is 1.04 bits per heavy atom. The van der Waals surface area contributed by atoms with Gasteiger partial charge in [0.25, 0.3) is 5.89 Å². The van der Waals surface area contributed by atoms with Gasteiger partial charge in [-0.25, -0.2) is 0 Å². The molecule has 1 heterocycles. The summed E-state index contributed by atoms with van der Waals surface area (Å²) >= 11 is 0. The Hall–Kier alpha value is -2.04. The van der Waals surface area contributed by atoms with Crippen LogP contribution in [0.3, 0.4) is 0 Å². The van der Waals surface area contributed by atoms with Gasteiger partial charge in [0.15, 0.2) is 5.82 Å². The lowest BCUT2D eigenvalue weighted by molar-refractivity contribution is -0.00462. The Morgan fingerprint density at radius 3 is 2.21 bits per heavy atom. The van der Waals surface area contributed by atoms with Crippen LogP contribution in [0.4, 0.5) is 11.4 Å². The van der Waals surface area contributed by atoms with Crippen molar-refractivity contribution < 1.29 is 4.52 Å². The predicted molar refractivity (Wildman–Crippen MR) is 93.1 cm³/mol. The van der Waals surface area contributed by atoms with E-state index in [-0.39, 0.29) is 5.41 Å². The molecule has 5 heteroatoms. The molecule has 0 radical (unpaired) electrons. The molecule has 6 rings (SSSR count). The van der Waals surface area contributed by atoms with Crippen molar-refractivity contribution in [1.82, 2.24) is 10.1 Å². The molecule has 4 N–H and O–H groups in total. The fourth-order valence-corrected chi connectivity index (χ4v) is 6.21. The van der Waals surface area contributed by atoms with E-state index in [1.54, 1.807) is 0 Å². The Bertz CT molecular complexity index is 774. The first kappa shape index (κ1) is 14.3. The van der Waals surface area contributed by atoms with Crippen molar-refractivity contribution in [3.8, 4) is 11.5 Å². The van der Waals surface area contributed by atoms with Gasteiger partial charge in [-0.1, -0.05) is 5.16 Å². The SMILES string of the molecule is Cc1noc(-c2ccc(N)c(N)c2C23CC4CC(CC(C4)C2)C3)n1. The molecule has 4 aliphatic rings. The summed E-state index contributed by atoms with van der Waals surface area (Å²) in [6.07, 6.45) is 7.88. The van der Waals surface area contributed by atoms with Crippen molar-refractivity contribution in [3.63, 3.8) is 0 Å². The van der Waals surface area contributed by atoms with E-state index in [1.165, 1.54) is 44.1 Å². The molecule has 5 nitrogen and oxygen atoms in total. The first-order chi connectivity index (χ1) is 11.5. The lowest BCUT2D eigenvalue weighted by Gasteiger charge is -2.57. The second kappa shape index (κ2) is 4.74. The Kier molecular flexibility index (Phi) is 2.83. The number of nitrogens with zero attached hydrogens (tertiary/aromatic N) is 2. The largest absolute Gasteiger partial charge is 0.397 e. The summed E-state index contributed by atoms with van der Waals surface area (Å²) in [5.41, 5.74) is 16.4. The standard InChI is InChI=1S/C19H24N4O/c1-10-22-18(24-23-10)14-2-3-15(20)17(21)16(14)19-7-11-4-12(8-19)6-13(5-11)9-19/h2-3,11-13H,4-9,20-21H2,1H3. The van der Waals surface area contributed by atoms with E-state index in [0.29, 0.717) is 17.4 Å². The lowest BCUT2D eigenvalue weighted by Crippen LogP contribution is -2.49. The minimum absolute atomic E-state index is 0.145. The fraction of sp³-hybridized carbons (Fsp3) is 0.579. The molecule has 126 valence electrons. The Labute approximate surface area is 141 Å². The van der Waals surface area contributed by atoms with E-state index in [2.05, 4.69) is 10.1 Å². The van der Waals surface area contributed by atoms with E-state index in [0.717, 1.165) is 29.0 Å². The van der Waals surface area contributed by atoms with Crippen LogP contribution in [0.25, 0.3) is 11.5 Å². The molecular formula is C19H24N4O. The third kappa shape index (κ3) is 1.93. The molecule has 4 fully saturated rings. The number of aromatic nitrogens is 2. The highest BCUT2D eigenvalue weighted by molar-refractivity contribution is 5.79. The van der Waals surface area contributed by atoms with Crippen LogP contribution in [0.5, 0.6) is 0 Å². The molecule has 0 atom stereocenters. The van der Waals surface area contributed by atoms with Crippen LogP contribution >= 0.6 is 0 Å².